The molecule has 0 saturated heterocycles. The van der Waals surface area contributed by atoms with E-state index < -0.39 is 0 Å². The molecular weight excluding hydrogens is 390 g/mol. The van der Waals surface area contributed by atoms with Crippen LogP contribution in [0, 0.1) is 11.3 Å². The first-order valence-corrected chi connectivity index (χ1v) is 9.84. The zero-order valence-electron chi connectivity index (χ0n) is 14.7. The average Bonchev–Trinajstić information content (AvgIpc) is 3.17. The molecule has 0 N–H and O–H groups in total. The minimum absolute atomic E-state index is 0.648. The van der Waals surface area contributed by atoms with Crippen molar-refractivity contribution >= 4 is 23.4 Å². The Labute approximate surface area is 171 Å². The second-order valence-corrected chi connectivity index (χ2v) is 7.33. The van der Waals surface area contributed by atoms with Gasteiger partial charge in [0.05, 0.1) is 11.6 Å². The lowest BCUT2D eigenvalue weighted by atomic mass is 10.2. The van der Waals surface area contributed by atoms with Crippen molar-refractivity contribution in [3.8, 4) is 23.1 Å². The van der Waals surface area contributed by atoms with Gasteiger partial charge in [-0.1, -0.05) is 35.5 Å². The van der Waals surface area contributed by atoms with E-state index in [4.69, 9.17) is 16.9 Å². The van der Waals surface area contributed by atoms with E-state index in [1.54, 1.807) is 30.2 Å². The van der Waals surface area contributed by atoms with Crippen LogP contribution in [0.2, 0.25) is 5.02 Å². The van der Waals surface area contributed by atoms with E-state index in [1.165, 1.54) is 0 Å². The molecule has 0 spiro atoms. The molecule has 0 atom stereocenters. The molecule has 0 fully saturated rings. The van der Waals surface area contributed by atoms with Crippen LogP contribution in [0.4, 0.5) is 0 Å². The van der Waals surface area contributed by atoms with Gasteiger partial charge in [0.1, 0.15) is 0 Å². The largest absolute Gasteiger partial charge is 0.270 e. The Morgan fingerprint density at radius 3 is 2.54 bits per heavy atom. The van der Waals surface area contributed by atoms with Crippen LogP contribution in [0.1, 0.15) is 11.1 Å². The third-order valence-corrected chi connectivity index (χ3v) is 5.33. The fraction of sp³-hybridized carbons (Fsp3) is 0.0476. The SMILES string of the molecule is N#Cc1cccc(CSc2nnc(-c3ccncc3)n2-c2ccc(Cl)cc2)c1. The average molecular weight is 404 g/mol. The predicted molar refractivity (Wildman–Crippen MR) is 110 cm³/mol. The summed E-state index contributed by atoms with van der Waals surface area (Å²) in [6.07, 6.45) is 3.47. The number of thioether (sulfide) groups is 1. The molecular formula is C21H14ClN5S. The number of nitrogens with zero attached hydrogens (tertiary/aromatic N) is 5. The van der Waals surface area contributed by atoms with Gasteiger partial charge in [0, 0.05) is 34.4 Å². The summed E-state index contributed by atoms with van der Waals surface area (Å²) < 4.78 is 2.00. The first kappa shape index (κ1) is 18.2. The van der Waals surface area contributed by atoms with Gasteiger partial charge >= 0.3 is 0 Å². The standard InChI is InChI=1S/C21H14ClN5S/c22-18-4-6-19(7-5-18)27-20(17-8-10-24-11-9-17)25-26-21(27)28-14-16-3-1-2-15(12-16)13-23/h1-12H,14H2. The van der Waals surface area contributed by atoms with E-state index in [0.29, 0.717) is 16.3 Å². The Hall–Kier alpha value is -3.14. The highest BCUT2D eigenvalue weighted by Gasteiger charge is 2.16. The van der Waals surface area contributed by atoms with E-state index in [0.717, 1.165) is 27.8 Å². The van der Waals surface area contributed by atoms with Crippen LogP contribution in [-0.4, -0.2) is 19.7 Å². The maximum atomic E-state index is 9.09. The first-order chi connectivity index (χ1) is 13.7. The third-order valence-electron chi connectivity index (χ3n) is 4.08. The van der Waals surface area contributed by atoms with Crippen molar-refractivity contribution in [2.45, 2.75) is 10.9 Å². The van der Waals surface area contributed by atoms with Crippen molar-refractivity contribution in [3.63, 3.8) is 0 Å². The van der Waals surface area contributed by atoms with Crippen LogP contribution in [0.3, 0.4) is 0 Å². The van der Waals surface area contributed by atoms with Crippen LogP contribution >= 0.6 is 23.4 Å². The van der Waals surface area contributed by atoms with Crippen LogP contribution in [0.15, 0.2) is 78.2 Å². The molecule has 0 radical (unpaired) electrons. The maximum Gasteiger partial charge on any atom is 0.196 e. The molecule has 0 aliphatic rings. The number of hydrogen-bond donors (Lipinski definition) is 0. The number of nitriles is 1. The van der Waals surface area contributed by atoms with Gasteiger partial charge in [-0.25, -0.2) is 0 Å². The Kier molecular flexibility index (Phi) is 5.38. The monoisotopic (exact) mass is 403 g/mol. The number of halogens is 1. The van der Waals surface area contributed by atoms with Crippen LogP contribution in [0.5, 0.6) is 0 Å². The summed E-state index contributed by atoms with van der Waals surface area (Å²) in [5, 5.41) is 19.3. The predicted octanol–water partition coefficient (Wildman–Crippen LogP) is 5.15. The fourth-order valence-corrected chi connectivity index (χ4v) is 3.77. The summed E-state index contributed by atoms with van der Waals surface area (Å²) in [5.41, 5.74) is 3.56. The lowest BCUT2D eigenvalue weighted by molar-refractivity contribution is 0.886. The quantitative estimate of drug-likeness (QED) is 0.431. The first-order valence-electron chi connectivity index (χ1n) is 8.48. The summed E-state index contributed by atoms with van der Waals surface area (Å²) >= 11 is 7.62. The smallest absolute Gasteiger partial charge is 0.196 e. The summed E-state index contributed by atoms with van der Waals surface area (Å²) in [4.78, 5) is 4.08. The lowest BCUT2D eigenvalue weighted by Crippen LogP contribution is -1.99. The van der Waals surface area contributed by atoms with E-state index in [-0.39, 0.29) is 0 Å². The molecule has 0 saturated carbocycles. The number of rotatable bonds is 5. The number of hydrogen-bond acceptors (Lipinski definition) is 5. The van der Waals surface area contributed by atoms with Crippen molar-refractivity contribution in [1.29, 1.82) is 5.26 Å². The summed E-state index contributed by atoms with van der Waals surface area (Å²) in [6.45, 7) is 0. The van der Waals surface area contributed by atoms with Gasteiger partial charge in [0.25, 0.3) is 0 Å². The highest BCUT2D eigenvalue weighted by molar-refractivity contribution is 7.98. The lowest BCUT2D eigenvalue weighted by Gasteiger charge is -2.10. The second-order valence-electron chi connectivity index (χ2n) is 5.95. The van der Waals surface area contributed by atoms with Crippen molar-refractivity contribution in [2.24, 2.45) is 0 Å². The van der Waals surface area contributed by atoms with E-state index in [2.05, 4.69) is 21.3 Å². The zero-order chi connectivity index (χ0) is 19.3. The number of benzene rings is 2. The summed E-state index contributed by atoms with van der Waals surface area (Å²) in [6, 6.07) is 21.1. The molecule has 7 heteroatoms. The van der Waals surface area contributed by atoms with Crippen LogP contribution in [-0.2, 0) is 5.75 Å². The second kappa shape index (κ2) is 8.26. The Bertz CT molecular complexity index is 1130. The van der Waals surface area contributed by atoms with Gasteiger partial charge in [-0.05, 0) is 54.1 Å². The van der Waals surface area contributed by atoms with Crippen molar-refractivity contribution in [2.75, 3.05) is 0 Å². The molecule has 4 aromatic rings. The van der Waals surface area contributed by atoms with Gasteiger partial charge in [0.15, 0.2) is 11.0 Å². The topological polar surface area (TPSA) is 67.4 Å². The Balaban J connectivity index is 1.71. The maximum absolute atomic E-state index is 9.09. The minimum Gasteiger partial charge on any atom is -0.270 e. The Morgan fingerprint density at radius 1 is 1.00 bits per heavy atom. The fourth-order valence-electron chi connectivity index (χ4n) is 2.75. The normalized spacial score (nSPS) is 10.6. The molecule has 28 heavy (non-hydrogen) atoms. The molecule has 0 bridgehead atoms. The molecule has 2 aromatic heterocycles. The number of aromatic nitrogens is 4. The van der Waals surface area contributed by atoms with Crippen molar-refractivity contribution in [3.05, 3.63) is 89.2 Å². The highest BCUT2D eigenvalue weighted by Crippen LogP contribution is 2.30. The van der Waals surface area contributed by atoms with E-state index in [1.807, 2.05) is 59.2 Å². The number of pyridine rings is 1. The zero-order valence-corrected chi connectivity index (χ0v) is 16.2. The Morgan fingerprint density at radius 2 is 1.79 bits per heavy atom. The molecule has 2 heterocycles. The molecule has 0 amide bonds. The van der Waals surface area contributed by atoms with Gasteiger partial charge in [0.2, 0.25) is 0 Å². The molecule has 0 unspecified atom stereocenters. The molecule has 2 aromatic carbocycles. The van der Waals surface area contributed by atoms with Crippen LogP contribution in [0.25, 0.3) is 17.1 Å². The molecule has 136 valence electrons. The molecule has 5 nitrogen and oxygen atoms in total. The van der Waals surface area contributed by atoms with Gasteiger partial charge in [-0.2, -0.15) is 5.26 Å². The molecule has 0 aliphatic carbocycles. The van der Waals surface area contributed by atoms with Crippen LogP contribution < -0.4 is 0 Å². The van der Waals surface area contributed by atoms with Gasteiger partial charge in [-0.3, -0.25) is 9.55 Å². The van der Waals surface area contributed by atoms with E-state index in [9.17, 15) is 0 Å². The highest BCUT2D eigenvalue weighted by atomic mass is 35.5. The summed E-state index contributed by atoms with van der Waals surface area (Å²) in [7, 11) is 0. The molecule has 4 rings (SSSR count). The molecule has 0 aliphatic heterocycles. The van der Waals surface area contributed by atoms with Crippen molar-refractivity contribution < 1.29 is 0 Å². The third kappa shape index (κ3) is 3.91. The van der Waals surface area contributed by atoms with E-state index >= 15 is 0 Å². The van der Waals surface area contributed by atoms with Crippen molar-refractivity contribution in [1.82, 2.24) is 19.7 Å². The van der Waals surface area contributed by atoms with Gasteiger partial charge < -0.3 is 0 Å². The minimum atomic E-state index is 0.648. The van der Waals surface area contributed by atoms with Gasteiger partial charge in [-0.15, -0.1) is 10.2 Å². The summed E-state index contributed by atoms with van der Waals surface area (Å²) in [5.74, 6) is 1.41.